The third kappa shape index (κ3) is 3.71. The van der Waals surface area contributed by atoms with Crippen LogP contribution in [0.15, 0.2) is 48.5 Å². The number of nitrogens with one attached hydrogen (secondary N) is 1. The SMILES string of the molecule is Cc1ccc(C)c(C(CNC(C)C)c2ccccc2)c1. The maximum absolute atomic E-state index is 3.59. The molecule has 2 aromatic rings. The summed E-state index contributed by atoms with van der Waals surface area (Å²) in [6.07, 6.45) is 0. The molecule has 0 aliphatic heterocycles. The number of hydrogen-bond donors (Lipinski definition) is 1. The van der Waals surface area contributed by atoms with Crippen LogP contribution in [-0.4, -0.2) is 12.6 Å². The van der Waals surface area contributed by atoms with Crippen LogP contribution in [0.25, 0.3) is 0 Å². The van der Waals surface area contributed by atoms with Gasteiger partial charge in [0.25, 0.3) is 0 Å². The first-order valence-electron chi connectivity index (χ1n) is 7.43. The predicted octanol–water partition coefficient (Wildman–Crippen LogP) is 4.43. The van der Waals surface area contributed by atoms with E-state index in [4.69, 9.17) is 0 Å². The van der Waals surface area contributed by atoms with Gasteiger partial charge in [0.05, 0.1) is 0 Å². The van der Waals surface area contributed by atoms with Gasteiger partial charge >= 0.3 is 0 Å². The molecule has 1 atom stereocenters. The zero-order valence-corrected chi connectivity index (χ0v) is 13.0. The minimum atomic E-state index is 0.415. The minimum Gasteiger partial charge on any atom is -0.314 e. The van der Waals surface area contributed by atoms with Gasteiger partial charge in [-0.05, 0) is 30.5 Å². The Morgan fingerprint density at radius 3 is 2.30 bits per heavy atom. The molecule has 0 aliphatic carbocycles. The van der Waals surface area contributed by atoms with Crippen LogP contribution in [0.5, 0.6) is 0 Å². The number of aryl methyl sites for hydroxylation is 2. The van der Waals surface area contributed by atoms with Gasteiger partial charge in [0.1, 0.15) is 0 Å². The molecule has 0 saturated heterocycles. The van der Waals surface area contributed by atoms with Crippen molar-refractivity contribution in [1.29, 1.82) is 0 Å². The van der Waals surface area contributed by atoms with Crippen LogP contribution >= 0.6 is 0 Å². The second kappa shape index (κ2) is 6.71. The van der Waals surface area contributed by atoms with E-state index in [1.165, 1.54) is 22.3 Å². The summed E-state index contributed by atoms with van der Waals surface area (Å²) < 4.78 is 0. The molecule has 0 radical (unpaired) electrons. The van der Waals surface area contributed by atoms with E-state index in [9.17, 15) is 0 Å². The second-order valence-corrected chi connectivity index (χ2v) is 5.89. The van der Waals surface area contributed by atoms with Gasteiger partial charge in [-0.25, -0.2) is 0 Å². The van der Waals surface area contributed by atoms with Crippen molar-refractivity contribution in [3.63, 3.8) is 0 Å². The van der Waals surface area contributed by atoms with Crippen LogP contribution in [0.2, 0.25) is 0 Å². The molecule has 0 bridgehead atoms. The Morgan fingerprint density at radius 1 is 0.950 bits per heavy atom. The lowest BCUT2D eigenvalue weighted by Crippen LogP contribution is -2.28. The normalized spacial score (nSPS) is 12.7. The summed E-state index contributed by atoms with van der Waals surface area (Å²) in [6, 6.07) is 18.1. The topological polar surface area (TPSA) is 12.0 Å². The van der Waals surface area contributed by atoms with Crippen LogP contribution in [0.4, 0.5) is 0 Å². The highest BCUT2D eigenvalue weighted by molar-refractivity contribution is 5.40. The Morgan fingerprint density at radius 2 is 1.65 bits per heavy atom. The Balaban J connectivity index is 2.38. The standard InChI is InChI=1S/C19H25N/c1-14(2)20-13-19(17-8-6-5-7-9-17)18-12-15(3)10-11-16(18)4/h5-12,14,19-20H,13H2,1-4H3. The van der Waals surface area contributed by atoms with Gasteiger partial charge in [-0.15, -0.1) is 0 Å². The van der Waals surface area contributed by atoms with Crippen molar-refractivity contribution in [3.05, 3.63) is 70.8 Å². The van der Waals surface area contributed by atoms with E-state index in [0.717, 1.165) is 6.54 Å². The molecule has 2 rings (SSSR count). The highest BCUT2D eigenvalue weighted by atomic mass is 14.9. The van der Waals surface area contributed by atoms with Crippen molar-refractivity contribution in [1.82, 2.24) is 5.32 Å². The molecule has 20 heavy (non-hydrogen) atoms. The molecule has 0 spiro atoms. The van der Waals surface area contributed by atoms with E-state index in [1.807, 2.05) is 0 Å². The van der Waals surface area contributed by atoms with Crippen LogP contribution < -0.4 is 5.32 Å². The average molecular weight is 267 g/mol. The highest BCUT2D eigenvalue weighted by Gasteiger charge is 2.16. The summed E-state index contributed by atoms with van der Waals surface area (Å²) in [4.78, 5) is 0. The van der Waals surface area contributed by atoms with Crippen LogP contribution in [-0.2, 0) is 0 Å². The fourth-order valence-electron chi connectivity index (χ4n) is 2.58. The lowest BCUT2D eigenvalue weighted by Gasteiger charge is -2.22. The van der Waals surface area contributed by atoms with Gasteiger partial charge in [0, 0.05) is 18.5 Å². The quantitative estimate of drug-likeness (QED) is 0.845. The molecular formula is C19H25N. The Labute approximate surface area is 123 Å². The van der Waals surface area contributed by atoms with Crippen LogP contribution in [0.1, 0.15) is 42.0 Å². The van der Waals surface area contributed by atoms with Crippen molar-refractivity contribution >= 4 is 0 Å². The van der Waals surface area contributed by atoms with E-state index in [2.05, 4.69) is 81.5 Å². The highest BCUT2D eigenvalue weighted by Crippen LogP contribution is 2.27. The second-order valence-electron chi connectivity index (χ2n) is 5.89. The van der Waals surface area contributed by atoms with Gasteiger partial charge in [0.15, 0.2) is 0 Å². The van der Waals surface area contributed by atoms with Crippen molar-refractivity contribution in [3.8, 4) is 0 Å². The van der Waals surface area contributed by atoms with Gasteiger partial charge in [-0.2, -0.15) is 0 Å². The first-order valence-corrected chi connectivity index (χ1v) is 7.43. The summed E-state index contributed by atoms with van der Waals surface area (Å²) in [5, 5.41) is 3.59. The zero-order chi connectivity index (χ0) is 14.5. The molecule has 0 heterocycles. The Bertz CT molecular complexity index is 543. The molecule has 0 amide bonds. The number of hydrogen-bond acceptors (Lipinski definition) is 1. The molecule has 1 heteroatoms. The van der Waals surface area contributed by atoms with Crippen molar-refractivity contribution in [2.24, 2.45) is 0 Å². The van der Waals surface area contributed by atoms with Crippen molar-refractivity contribution in [2.45, 2.75) is 39.7 Å². The largest absolute Gasteiger partial charge is 0.314 e. The lowest BCUT2D eigenvalue weighted by molar-refractivity contribution is 0.560. The van der Waals surface area contributed by atoms with E-state index in [1.54, 1.807) is 0 Å². The molecule has 1 nitrogen and oxygen atoms in total. The van der Waals surface area contributed by atoms with Gasteiger partial charge in [-0.3, -0.25) is 0 Å². The molecular weight excluding hydrogens is 242 g/mol. The maximum atomic E-state index is 3.59. The van der Waals surface area contributed by atoms with Crippen LogP contribution in [0.3, 0.4) is 0 Å². The van der Waals surface area contributed by atoms with E-state index < -0.39 is 0 Å². The average Bonchev–Trinajstić information content (AvgIpc) is 2.43. The summed E-state index contributed by atoms with van der Waals surface area (Å²) >= 11 is 0. The fraction of sp³-hybridized carbons (Fsp3) is 0.368. The zero-order valence-electron chi connectivity index (χ0n) is 13.0. The van der Waals surface area contributed by atoms with Gasteiger partial charge in [-0.1, -0.05) is 67.9 Å². The maximum Gasteiger partial charge on any atom is 0.0217 e. The van der Waals surface area contributed by atoms with Crippen LogP contribution in [0, 0.1) is 13.8 Å². The molecule has 1 unspecified atom stereocenters. The van der Waals surface area contributed by atoms with Gasteiger partial charge < -0.3 is 5.32 Å². The Kier molecular flexibility index (Phi) is 4.97. The van der Waals surface area contributed by atoms with E-state index in [0.29, 0.717) is 12.0 Å². The summed E-state index contributed by atoms with van der Waals surface area (Å²) in [5.74, 6) is 0.415. The molecule has 106 valence electrons. The lowest BCUT2D eigenvalue weighted by atomic mass is 9.87. The first kappa shape index (κ1) is 14.8. The fourth-order valence-corrected chi connectivity index (χ4v) is 2.58. The molecule has 0 aromatic heterocycles. The van der Waals surface area contributed by atoms with Crippen molar-refractivity contribution in [2.75, 3.05) is 6.54 Å². The summed E-state index contributed by atoms with van der Waals surface area (Å²) in [5.41, 5.74) is 5.52. The van der Waals surface area contributed by atoms with E-state index >= 15 is 0 Å². The van der Waals surface area contributed by atoms with Crippen molar-refractivity contribution < 1.29 is 0 Å². The smallest absolute Gasteiger partial charge is 0.0217 e. The molecule has 2 aromatic carbocycles. The Hall–Kier alpha value is -1.60. The van der Waals surface area contributed by atoms with E-state index in [-0.39, 0.29) is 0 Å². The molecule has 0 aliphatic rings. The molecule has 1 N–H and O–H groups in total. The predicted molar refractivity (Wildman–Crippen MR) is 87.3 cm³/mol. The third-order valence-corrected chi connectivity index (χ3v) is 3.74. The molecule has 0 saturated carbocycles. The monoisotopic (exact) mass is 267 g/mol. The summed E-state index contributed by atoms with van der Waals surface area (Å²) in [7, 11) is 0. The first-order chi connectivity index (χ1) is 9.58. The van der Waals surface area contributed by atoms with Gasteiger partial charge in [0.2, 0.25) is 0 Å². The summed E-state index contributed by atoms with van der Waals surface area (Å²) in [6.45, 7) is 9.75. The third-order valence-electron chi connectivity index (χ3n) is 3.74. The molecule has 0 fully saturated rings. The number of benzene rings is 2. The minimum absolute atomic E-state index is 0.415. The number of rotatable bonds is 5.